The Balaban J connectivity index is 1.81. The van der Waals surface area contributed by atoms with Crippen molar-refractivity contribution in [1.29, 1.82) is 0 Å². The van der Waals surface area contributed by atoms with Gasteiger partial charge in [-0.05, 0) is 62.6 Å². The van der Waals surface area contributed by atoms with Gasteiger partial charge in [-0.3, -0.25) is 4.79 Å². The lowest BCUT2D eigenvalue weighted by Gasteiger charge is -2.32. The molecule has 2 heterocycles. The van der Waals surface area contributed by atoms with Crippen LogP contribution < -0.4 is 9.80 Å². The molecule has 1 saturated heterocycles. The molecule has 0 aliphatic carbocycles. The second-order valence-corrected chi connectivity index (χ2v) is 11.0. The molecule has 0 saturated carbocycles. The van der Waals surface area contributed by atoms with Crippen LogP contribution in [-0.4, -0.2) is 53.4 Å². The smallest absolute Gasteiger partial charge is 0.394 e. The van der Waals surface area contributed by atoms with Gasteiger partial charge in [-0.25, -0.2) is 4.98 Å². The maximum atomic E-state index is 13.9. The molecule has 1 aromatic heterocycles. The average Bonchev–Trinajstić information content (AvgIpc) is 3.31. The highest BCUT2D eigenvalue weighted by molar-refractivity contribution is 6.03. The minimum absolute atomic E-state index is 0.0286. The lowest BCUT2D eigenvalue weighted by Crippen LogP contribution is -2.42. The zero-order valence-corrected chi connectivity index (χ0v) is 23.4. The van der Waals surface area contributed by atoms with E-state index in [1.54, 1.807) is 11.0 Å². The molecule has 0 bridgehead atoms. The Morgan fingerprint density at radius 3 is 2.05 bits per heavy atom. The number of aliphatic hydroxyl groups is 2. The number of aliphatic hydroxyl groups excluding tert-OH is 2. The summed E-state index contributed by atoms with van der Waals surface area (Å²) in [5.41, 5.74) is -2.83. The molecule has 0 spiro atoms. The van der Waals surface area contributed by atoms with E-state index in [0.29, 0.717) is 42.0 Å². The number of carbonyl (C=O) groups is 1. The summed E-state index contributed by atoms with van der Waals surface area (Å²) in [6, 6.07) is 9.58. The van der Waals surface area contributed by atoms with Gasteiger partial charge in [0, 0.05) is 19.2 Å². The first-order valence-corrected chi connectivity index (χ1v) is 13.2. The van der Waals surface area contributed by atoms with Crippen molar-refractivity contribution in [2.75, 3.05) is 30.0 Å². The van der Waals surface area contributed by atoms with E-state index in [-0.39, 0.29) is 18.4 Å². The van der Waals surface area contributed by atoms with Gasteiger partial charge in [-0.1, -0.05) is 29.8 Å². The Hall–Kier alpha value is -3.64. The molecule has 1 amide bonds. The molecule has 2 aromatic carbocycles. The van der Waals surface area contributed by atoms with Crippen LogP contribution in [0.5, 0.6) is 0 Å². The molecule has 1 aliphatic rings. The predicted molar refractivity (Wildman–Crippen MR) is 146 cm³/mol. The van der Waals surface area contributed by atoms with E-state index in [1.807, 2.05) is 31.2 Å². The van der Waals surface area contributed by atoms with Gasteiger partial charge in [-0.2, -0.15) is 26.3 Å². The van der Waals surface area contributed by atoms with Crippen LogP contribution in [0.4, 0.5) is 37.8 Å². The van der Waals surface area contributed by atoms with E-state index in [9.17, 15) is 41.4 Å². The van der Waals surface area contributed by atoms with E-state index in [2.05, 4.69) is 4.98 Å². The van der Waals surface area contributed by atoms with Crippen LogP contribution in [0.3, 0.4) is 0 Å². The van der Waals surface area contributed by atoms with Crippen LogP contribution in [0, 0.1) is 6.92 Å². The number of halogens is 6. The summed E-state index contributed by atoms with van der Waals surface area (Å²) >= 11 is 0. The SMILES string of the molecule is Cc1ccc(-c2cc(N3CC[C@H](O)[C@H]3CO)ncc2N(C)C(=O)C(C)(C)c2cc(C(F)(F)F)cc(C(F)(F)F)c2)cc1. The number of benzene rings is 2. The van der Waals surface area contributed by atoms with Gasteiger partial charge in [-0.15, -0.1) is 0 Å². The summed E-state index contributed by atoms with van der Waals surface area (Å²) in [4.78, 5) is 21.2. The van der Waals surface area contributed by atoms with Crippen molar-refractivity contribution in [1.82, 2.24) is 4.98 Å². The topological polar surface area (TPSA) is 76.9 Å². The number of pyridine rings is 1. The normalized spacial score (nSPS) is 18.0. The summed E-state index contributed by atoms with van der Waals surface area (Å²) in [7, 11) is 1.38. The van der Waals surface area contributed by atoms with Gasteiger partial charge in [0.25, 0.3) is 0 Å². The lowest BCUT2D eigenvalue weighted by molar-refractivity contribution is -0.143. The minimum atomic E-state index is -5.06. The van der Waals surface area contributed by atoms with Crippen molar-refractivity contribution in [3.63, 3.8) is 0 Å². The summed E-state index contributed by atoms with van der Waals surface area (Å²) in [5, 5.41) is 20.1. The zero-order valence-electron chi connectivity index (χ0n) is 23.4. The van der Waals surface area contributed by atoms with Crippen molar-refractivity contribution in [3.05, 3.63) is 77.0 Å². The maximum Gasteiger partial charge on any atom is 0.416 e. The molecule has 226 valence electrons. The number of likely N-dealkylation sites (N-methyl/N-ethyl adjacent to an activating group) is 1. The van der Waals surface area contributed by atoms with Crippen LogP contribution >= 0.6 is 0 Å². The van der Waals surface area contributed by atoms with Crippen molar-refractivity contribution < 1.29 is 41.4 Å². The fourth-order valence-corrected chi connectivity index (χ4v) is 5.14. The molecule has 1 aliphatic heterocycles. The number of hydrogen-bond donors (Lipinski definition) is 2. The van der Waals surface area contributed by atoms with Crippen molar-refractivity contribution in [2.45, 2.75) is 57.1 Å². The molecule has 0 unspecified atom stereocenters. The molecule has 2 atom stereocenters. The highest BCUT2D eigenvalue weighted by Gasteiger charge is 2.41. The minimum Gasteiger partial charge on any atom is -0.394 e. The average molecular weight is 596 g/mol. The van der Waals surface area contributed by atoms with Gasteiger partial charge in [0.05, 0.1) is 47.2 Å². The van der Waals surface area contributed by atoms with E-state index in [1.165, 1.54) is 32.0 Å². The third kappa shape index (κ3) is 6.10. The quantitative estimate of drug-likeness (QED) is 0.344. The molecule has 1 fully saturated rings. The first-order valence-electron chi connectivity index (χ1n) is 13.2. The predicted octanol–water partition coefficient (Wildman–Crippen LogP) is 5.97. The number of hydrogen-bond acceptors (Lipinski definition) is 5. The van der Waals surface area contributed by atoms with E-state index in [4.69, 9.17) is 0 Å². The number of anilines is 2. The van der Waals surface area contributed by atoms with E-state index >= 15 is 0 Å². The summed E-state index contributed by atoms with van der Waals surface area (Å²) in [6.45, 7) is 4.54. The maximum absolute atomic E-state index is 13.9. The Bertz CT molecular complexity index is 1420. The molecule has 0 radical (unpaired) electrons. The Kier molecular flexibility index (Phi) is 8.36. The first kappa shape index (κ1) is 31.3. The number of alkyl halides is 6. The number of aromatic nitrogens is 1. The zero-order chi connectivity index (χ0) is 31.2. The number of amides is 1. The summed E-state index contributed by atoms with van der Waals surface area (Å²) in [5.74, 6) is -0.333. The summed E-state index contributed by atoms with van der Waals surface area (Å²) < 4.78 is 81.3. The molecule has 6 nitrogen and oxygen atoms in total. The number of carbonyl (C=O) groups excluding carboxylic acids is 1. The summed E-state index contributed by atoms with van der Waals surface area (Å²) in [6.07, 6.45) is -9.08. The Labute approximate surface area is 239 Å². The molecule has 42 heavy (non-hydrogen) atoms. The molecule has 3 aromatic rings. The molecule has 4 rings (SSSR count). The lowest BCUT2D eigenvalue weighted by atomic mass is 9.81. The van der Waals surface area contributed by atoms with Gasteiger partial charge in [0.15, 0.2) is 0 Å². The fraction of sp³-hybridized carbons (Fsp3) is 0.400. The molecular weight excluding hydrogens is 564 g/mol. The van der Waals surface area contributed by atoms with Crippen molar-refractivity contribution >= 4 is 17.4 Å². The number of aryl methyl sites for hydroxylation is 1. The van der Waals surface area contributed by atoms with Crippen LogP contribution in [-0.2, 0) is 22.6 Å². The van der Waals surface area contributed by atoms with Crippen LogP contribution in [0.15, 0.2) is 54.7 Å². The Morgan fingerprint density at radius 1 is 0.976 bits per heavy atom. The standard InChI is InChI=1S/C30H31F6N3O3/c1-17-5-7-18(8-6-17)22-14-26(39-10-9-25(41)24(39)16-40)37-15-23(22)38(4)27(42)28(2,3)19-11-20(29(31,32)33)13-21(12-19)30(34,35)36/h5-8,11-15,24-25,40-41H,9-10,16H2,1-4H3/t24-,25+/m1/s1. The van der Waals surface area contributed by atoms with Gasteiger partial charge in [0.2, 0.25) is 5.91 Å². The largest absolute Gasteiger partial charge is 0.416 e. The number of rotatable bonds is 6. The van der Waals surface area contributed by atoms with Crippen molar-refractivity contribution in [3.8, 4) is 11.1 Å². The van der Waals surface area contributed by atoms with Crippen molar-refractivity contribution in [2.24, 2.45) is 0 Å². The highest BCUT2D eigenvalue weighted by Crippen LogP contribution is 2.41. The van der Waals surface area contributed by atoms with E-state index in [0.717, 1.165) is 5.56 Å². The molecule has 2 N–H and O–H groups in total. The van der Waals surface area contributed by atoms with Gasteiger partial charge >= 0.3 is 12.4 Å². The molecule has 12 heteroatoms. The third-order valence-electron chi connectivity index (χ3n) is 7.73. The third-order valence-corrected chi connectivity index (χ3v) is 7.73. The van der Waals surface area contributed by atoms with Gasteiger partial charge < -0.3 is 20.0 Å². The highest BCUT2D eigenvalue weighted by atomic mass is 19.4. The monoisotopic (exact) mass is 595 g/mol. The molecular formula is C30H31F6N3O3. The van der Waals surface area contributed by atoms with Crippen LogP contribution in [0.25, 0.3) is 11.1 Å². The first-order chi connectivity index (χ1) is 19.4. The second kappa shape index (κ2) is 11.2. The fourth-order valence-electron chi connectivity index (χ4n) is 5.14. The Morgan fingerprint density at radius 2 is 1.52 bits per heavy atom. The van der Waals surface area contributed by atoms with Crippen LogP contribution in [0.1, 0.15) is 42.5 Å². The van der Waals surface area contributed by atoms with Gasteiger partial charge in [0.1, 0.15) is 5.82 Å². The van der Waals surface area contributed by atoms with Crippen LogP contribution in [0.2, 0.25) is 0 Å². The number of nitrogens with zero attached hydrogens (tertiary/aromatic N) is 3. The van der Waals surface area contributed by atoms with E-state index < -0.39 is 52.5 Å². The second-order valence-electron chi connectivity index (χ2n) is 11.0.